The summed E-state index contributed by atoms with van der Waals surface area (Å²) in [4.78, 5) is 14.5. The van der Waals surface area contributed by atoms with Crippen molar-refractivity contribution in [1.82, 2.24) is 15.5 Å². The average Bonchev–Trinajstić information content (AvgIpc) is 2.90. The van der Waals surface area contributed by atoms with Gasteiger partial charge >= 0.3 is 6.03 Å². The van der Waals surface area contributed by atoms with E-state index in [1.54, 1.807) is 0 Å². The Morgan fingerprint density at radius 1 is 1.30 bits per heavy atom. The molecule has 1 saturated heterocycles. The first-order valence-corrected chi connectivity index (χ1v) is 8.72. The summed E-state index contributed by atoms with van der Waals surface area (Å²) >= 11 is 0. The molecule has 0 radical (unpaired) electrons. The third-order valence-electron chi connectivity index (χ3n) is 5.30. The number of likely N-dealkylation sites (tertiary alicyclic amines) is 1. The monoisotopic (exact) mass is 316 g/mol. The lowest BCUT2D eigenvalue weighted by Crippen LogP contribution is -2.50. The van der Waals surface area contributed by atoms with Gasteiger partial charge in [0.2, 0.25) is 0 Å². The van der Waals surface area contributed by atoms with Crippen molar-refractivity contribution in [2.75, 3.05) is 26.7 Å². The Labute approximate surface area is 138 Å². The van der Waals surface area contributed by atoms with Crippen molar-refractivity contribution in [3.8, 4) is 0 Å². The molecule has 5 heteroatoms. The van der Waals surface area contributed by atoms with Gasteiger partial charge in [-0.1, -0.05) is 24.3 Å². The largest absolute Gasteiger partial charge is 0.333 e. The maximum absolute atomic E-state index is 12.5. The highest BCUT2D eigenvalue weighted by Gasteiger charge is 2.32. The molecule has 23 heavy (non-hydrogen) atoms. The van der Waals surface area contributed by atoms with Gasteiger partial charge in [-0.2, -0.15) is 0 Å². The summed E-state index contributed by atoms with van der Waals surface area (Å²) in [5, 5.41) is 6.36. The molecule has 0 bridgehead atoms. The van der Waals surface area contributed by atoms with Crippen LogP contribution in [0.4, 0.5) is 4.79 Å². The van der Waals surface area contributed by atoms with E-state index < -0.39 is 0 Å². The molecule has 1 aromatic carbocycles. The average molecular weight is 316 g/mol. The van der Waals surface area contributed by atoms with Crippen LogP contribution in [0.15, 0.2) is 24.3 Å². The van der Waals surface area contributed by atoms with Gasteiger partial charge in [0, 0.05) is 13.1 Å². The number of urea groups is 1. The predicted molar refractivity (Wildman–Crippen MR) is 92.2 cm³/mol. The van der Waals surface area contributed by atoms with Gasteiger partial charge < -0.3 is 21.3 Å². The summed E-state index contributed by atoms with van der Waals surface area (Å²) < 4.78 is 0. The Morgan fingerprint density at radius 3 is 2.74 bits per heavy atom. The fraction of sp³-hybridized carbons (Fsp3) is 0.611. The number of benzene rings is 1. The first-order chi connectivity index (χ1) is 11.2. The van der Waals surface area contributed by atoms with Gasteiger partial charge in [-0.3, -0.25) is 0 Å². The number of piperidine rings is 1. The maximum Gasteiger partial charge on any atom is 0.317 e. The molecule has 0 aromatic heterocycles. The van der Waals surface area contributed by atoms with Gasteiger partial charge in [0.05, 0.1) is 12.1 Å². The Bertz CT molecular complexity index is 540. The van der Waals surface area contributed by atoms with Crippen molar-refractivity contribution in [2.24, 2.45) is 11.7 Å². The second kappa shape index (κ2) is 7.32. The molecule has 1 aliphatic heterocycles. The Kier molecular flexibility index (Phi) is 5.18. The van der Waals surface area contributed by atoms with Crippen LogP contribution in [0.2, 0.25) is 0 Å². The number of nitrogens with one attached hydrogen (secondary N) is 2. The van der Waals surface area contributed by atoms with E-state index in [-0.39, 0.29) is 18.1 Å². The topological polar surface area (TPSA) is 70.4 Å². The maximum atomic E-state index is 12.5. The van der Waals surface area contributed by atoms with Crippen LogP contribution in [0, 0.1) is 5.92 Å². The van der Waals surface area contributed by atoms with E-state index in [0.29, 0.717) is 0 Å². The SMILES string of the molecule is CNCCC1CCN(C(=O)N[C@@H]2Cc3ccccc3[C@H]2N)CC1. The van der Waals surface area contributed by atoms with Crippen LogP contribution in [-0.4, -0.2) is 43.7 Å². The Balaban J connectivity index is 1.49. The normalized spacial score (nSPS) is 24.5. The number of nitrogens with two attached hydrogens (primary N) is 1. The molecule has 126 valence electrons. The molecule has 4 N–H and O–H groups in total. The number of carbonyl (C=O) groups is 1. The van der Waals surface area contributed by atoms with E-state index in [4.69, 9.17) is 5.73 Å². The van der Waals surface area contributed by atoms with E-state index in [2.05, 4.69) is 22.8 Å². The highest BCUT2D eigenvalue weighted by molar-refractivity contribution is 5.75. The second-order valence-electron chi connectivity index (χ2n) is 6.81. The molecule has 1 heterocycles. The zero-order valence-corrected chi connectivity index (χ0v) is 13.9. The van der Waals surface area contributed by atoms with Crippen LogP contribution in [0.5, 0.6) is 0 Å². The molecule has 1 aliphatic carbocycles. The summed E-state index contributed by atoms with van der Waals surface area (Å²) in [5.74, 6) is 0.740. The van der Waals surface area contributed by atoms with Gasteiger partial charge in [-0.15, -0.1) is 0 Å². The summed E-state index contributed by atoms with van der Waals surface area (Å²) in [7, 11) is 1.99. The third-order valence-corrected chi connectivity index (χ3v) is 5.30. The number of rotatable bonds is 4. The molecule has 0 spiro atoms. The molecule has 2 atom stereocenters. The van der Waals surface area contributed by atoms with Crippen molar-refractivity contribution < 1.29 is 4.79 Å². The highest BCUT2D eigenvalue weighted by atomic mass is 16.2. The van der Waals surface area contributed by atoms with E-state index in [9.17, 15) is 4.79 Å². The van der Waals surface area contributed by atoms with Crippen LogP contribution < -0.4 is 16.4 Å². The lowest BCUT2D eigenvalue weighted by molar-refractivity contribution is 0.164. The fourth-order valence-electron chi connectivity index (χ4n) is 3.79. The number of nitrogens with zero attached hydrogens (tertiary/aromatic N) is 1. The number of carbonyl (C=O) groups excluding carboxylic acids is 1. The fourth-order valence-corrected chi connectivity index (χ4v) is 3.79. The molecule has 2 amide bonds. The quantitative estimate of drug-likeness (QED) is 0.791. The number of hydrogen-bond donors (Lipinski definition) is 3. The van der Waals surface area contributed by atoms with E-state index in [1.807, 2.05) is 24.1 Å². The zero-order valence-electron chi connectivity index (χ0n) is 13.9. The molecule has 2 aliphatic rings. The zero-order chi connectivity index (χ0) is 16.2. The highest BCUT2D eigenvalue weighted by Crippen LogP contribution is 2.29. The van der Waals surface area contributed by atoms with Crippen LogP contribution in [0.25, 0.3) is 0 Å². The second-order valence-corrected chi connectivity index (χ2v) is 6.81. The molecule has 0 unspecified atom stereocenters. The molecule has 1 fully saturated rings. The molecular weight excluding hydrogens is 288 g/mol. The first kappa shape index (κ1) is 16.3. The summed E-state index contributed by atoms with van der Waals surface area (Å²) in [6.45, 7) is 2.77. The number of amides is 2. The van der Waals surface area contributed by atoms with Crippen molar-refractivity contribution in [3.63, 3.8) is 0 Å². The van der Waals surface area contributed by atoms with E-state index >= 15 is 0 Å². The van der Waals surface area contributed by atoms with Gasteiger partial charge in [0.15, 0.2) is 0 Å². The minimum atomic E-state index is -0.0942. The first-order valence-electron chi connectivity index (χ1n) is 8.72. The van der Waals surface area contributed by atoms with E-state index in [1.165, 1.54) is 17.5 Å². The number of hydrogen-bond acceptors (Lipinski definition) is 3. The van der Waals surface area contributed by atoms with Crippen LogP contribution in [-0.2, 0) is 6.42 Å². The van der Waals surface area contributed by atoms with Crippen LogP contribution in [0.1, 0.15) is 36.4 Å². The molecule has 0 saturated carbocycles. The Hall–Kier alpha value is -1.59. The molecule has 3 rings (SSSR count). The van der Waals surface area contributed by atoms with Crippen molar-refractivity contribution in [2.45, 2.75) is 37.8 Å². The lowest BCUT2D eigenvalue weighted by atomic mass is 9.94. The summed E-state index contributed by atoms with van der Waals surface area (Å²) in [5.41, 5.74) is 8.74. The van der Waals surface area contributed by atoms with Gasteiger partial charge in [-0.05, 0) is 56.3 Å². The van der Waals surface area contributed by atoms with Gasteiger partial charge in [0.25, 0.3) is 0 Å². The number of fused-ring (bicyclic) bond motifs is 1. The summed E-state index contributed by atoms with van der Waals surface area (Å²) in [6, 6.07) is 8.19. The Morgan fingerprint density at radius 2 is 2.04 bits per heavy atom. The molecular formula is C18H28N4O. The smallest absolute Gasteiger partial charge is 0.317 e. The van der Waals surface area contributed by atoms with Gasteiger partial charge in [0.1, 0.15) is 0 Å². The van der Waals surface area contributed by atoms with Gasteiger partial charge in [-0.25, -0.2) is 4.79 Å². The minimum Gasteiger partial charge on any atom is -0.333 e. The minimum absolute atomic E-state index is 0.0157. The van der Waals surface area contributed by atoms with Crippen molar-refractivity contribution >= 4 is 6.03 Å². The molecule has 5 nitrogen and oxygen atoms in total. The van der Waals surface area contributed by atoms with Crippen molar-refractivity contribution in [1.29, 1.82) is 0 Å². The third kappa shape index (κ3) is 3.67. The van der Waals surface area contributed by atoms with Crippen LogP contribution >= 0.6 is 0 Å². The summed E-state index contributed by atoms with van der Waals surface area (Å²) in [6.07, 6.45) is 4.24. The predicted octanol–water partition coefficient (Wildman–Crippen LogP) is 1.64. The van der Waals surface area contributed by atoms with Crippen LogP contribution in [0.3, 0.4) is 0 Å². The van der Waals surface area contributed by atoms with Crippen molar-refractivity contribution in [3.05, 3.63) is 35.4 Å². The molecule has 1 aromatic rings. The van der Waals surface area contributed by atoms with E-state index in [0.717, 1.165) is 44.8 Å². The standard InChI is InChI=1S/C18H28N4O/c1-20-9-6-13-7-10-22(11-8-13)18(23)21-16-12-14-4-2-3-5-15(14)17(16)19/h2-5,13,16-17,20H,6-12,19H2,1H3,(H,21,23)/t16-,17-/m1/s1. The lowest BCUT2D eigenvalue weighted by Gasteiger charge is -2.33.